The lowest BCUT2D eigenvalue weighted by atomic mass is 9.61. The fourth-order valence-corrected chi connectivity index (χ4v) is 2.60. The van der Waals surface area contributed by atoms with E-state index in [2.05, 4.69) is 5.32 Å². The number of nitrogens with one attached hydrogen (secondary N) is 1. The molecule has 0 aromatic rings. The van der Waals surface area contributed by atoms with Gasteiger partial charge in [0, 0.05) is 25.6 Å². The van der Waals surface area contributed by atoms with Crippen molar-refractivity contribution in [2.24, 2.45) is 11.3 Å². The van der Waals surface area contributed by atoms with Gasteiger partial charge in [-0.05, 0) is 12.8 Å². The summed E-state index contributed by atoms with van der Waals surface area (Å²) in [6.07, 6.45) is 2.07. The summed E-state index contributed by atoms with van der Waals surface area (Å²) in [5.74, 6) is -0.876. The summed E-state index contributed by atoms with van der Waals surface area (Å²) in [5.41, 5.74) is -0.00743. The van der Waals surface area contributed by atoms with Crippen molar-refractivity contribution in [2.45, 2.75) is 18.9 Å². The van der Waals surface area contributed by atoms with Crippen molar-refractivity contribution in [3.05, 3.63) is 0 Å². The summed E-state index contributed by atoms with van der Waals surface area (Å²) in [5, 5.41) is 12.1. The number of hydrogen-bond acceptors (Lipinski definition) is 3. The van der Waals surface area contributed by atoms with Crippen LogP contribution in [-0.4, -0.2) is 37.4 Å². The van der Waals surface area contributed by atoms with Gasteiger partial charge in [-0.15, -0.1) is 0 Å². The molecule has 2 aliphatic rings. The first-order chi connectivity index (χ1) is 6.18. The van der Waals surface area contributed by atoms with Crippen molar-refractivity contribution in [1.82, 2.24) is 5.32 Å². The number of aliphatic carboxylic acids is 1. The molecule has 0 aromatic heterocycles. The van der Waals surface area contributed by atoms with E-state index in [9.17, 15) is 4.79 Å². The van der Waals surface area contributed by atoms with Crippen molar-refractivity contribution in [2.75, 3.05) is 20.2 Å². The highest BCUT2D eigenvalue weighted by Gasteiger charge is 2.55. The van der Waals surface area contributed by atoms with E-state index >= 15 is 0 Å². The van der Waals surface area contributed by atoms with Crippen LogP contribution in [0.2, 0.25) is 0 Å². The third-order valence-corrected chi connectivity index (χ3v) is 3.46. The van der Waals surface area contributed by atoms with Crippen molar-refractivity contribution in [3.63, 3.8) is 0 Å². The molecule has 4 heteroatoms. The van der Waals surface area contributed by atoms with Crippen molar-refractivity contribution < 1.29 is 14.6 Å². The van der Waals surface area contributed by atoms with Crippen LogP contribution in [0, 0.1) is 11.3 Å². The highest BCUT2D eigenvalue weighted by molar-refractivity contribution is 5.72. The average molecular weight is 185 g/mol. The minimum atomic E-state index is -0.667. The Hall–Kier alpha value is -0.610. The molecule has 1 spiro atoms. The predicted octanol–water partition coefficient (Wildman–Crippen LogP) is 0.0856. The summed E-state index contributed by atoms with van der Waals surface area (Å²) < 4.78 is 5.18. The van der Waals surface area contributed by atoms with Gasteiger partial charge in [0.2, 0.25) is 0 Å². The van der Waals surface area contributed by atoms with E-state index in [4.69, 9.17) is 9.84 Å². The maximum absolute atomic E-state index is 10.9. The normalized spacial score (nSPS) is 43.5. The molecule has 0 aromatic carbocycles. The molecule has 1 atom stereocenters. The standard InChI is InChI=1S/C9H15NO3/c1-13-6-2-9(3-6)5-10-4-7(9)8(11)12/h6-7,10H,2-5H2,1H3,(H,11,12). The van der Waals surface area contributed by atoms with Gasteiger partial charge in [-0.1, -0.05) is 0 Å². The van der Waals surface area contributed by atoms with Gasteiger partial charge in [0.15, 0.2) is 0 Å². The maximum Gasteiger partial charge on any atom is 0.308 e. The molecule has 1 heterocycles. The highest BCUT2D eigenvalue weighted by atomic mass is 16.5. The SMILES string of the molecule is COC1CC2(CNCC2C(=O)O)C1. The lowest BCUT2D eigenvalue weighted by Crippen LogP contribution is -2.49. The Balaban J connectivity index is 2.03. The quantitative estimate of drug-likeness (QED) is 0.640. The Bertz CT molecular complexity index is 223. The monoisotopic (exact) mass is 185 g/mol. The molecule has 4 nitrogen and oxygen atoms in total. The first-order valence-electron chi connectivity index (χ1n) is 4.64. The van der Waals surface area contributed by atoms with Crippen LogP contribution in [0.4, 0.5) is 0 Å². The number of carboxylic acid groups (broad SMARTS) is 1. The second kappa shape index (κ2) is 2.96. The summed E-state index contributed by atoms with van der Waals surface area (Å²) in [6.45, 7) is 1.45. The van der Waals surface area contributed by atoms with E-state index in [0.717, 1.165) is 19.4 Å². The van der Waals surface area contributed by atoms with Gasteiger partial charge in [-0.3, -0.25) is 4.79 Å². The Morgan fingerprint density at radius 1 is 1.62 bits per heavy atom. The highest BCUT2D eigenvalue weighted by Crippen LogP contribution is 2.50. The lowest BCUT2D eigenvalue weighted by molar-refractivity contribution is -0.152. The molecule has 1 unspecified atom stereocenters. The molecule has 0 bridgehead atoms. The molecule has 2 fully saturated rings. The van der Waals surface area contributed by atoms with Crippen LogP contribution in [0.5, 0.6) is 0 Å². The number of carbonyl (C=O) groups is 1. The average Bonchev–Trinajstić information content (AvgIpc) is 2.44. The molecule has 1 saturated heterocycles. The number of carboxylic acids is 1. The fraction of sp³-hybridized carbons (Fsp3) is 0.889. The van der Waals surface area contributed by atoms with Crippen LogP contribution < -0.4 is 5.32 Å². The van der Waals surface area contributed by atoms with Crippen LogP contribution in [0.25, 0.3) is 0 Å². The largest absolute Gasteiger partial charge is 0.481 e. The van der Waals surface area contributed by atoms with E-state index in [1.165, 1.54) is 0 Å². The molecule has 1 aliphatic heterocycles. The van der Waals surface area contributed by atoms with Crippen molar-refractivity contribution >= 4 is 5.97 Å². The van der Waals surface area contributed by atoms with Crippen LogP contribution in [0.3, 0.4) is 0 Å². The topological polar surface area (TPSA) is 58.6 Å². The first kappa shape index (κ1) is 8.97. The van der Waals surface area contributed by atoms with Gasteiger partial charge in [0.05, 0.1) is 12.0 Å². The zero-order chi connectivity index (χ0) is 9.47. The summed E-state index contributed by atoms with van der Waals surface area (Å²) in [7, 11) is 1.69. The number of rotatable bonds is 2. The molecule has 13 heavy (non-hydrogen) atoms. The van der Waals surface area contributed by atoms with Crippen LogP contribution >= 0.6 is 0 Å². The second-order valence-corrected chi connectivity index (χ2v) is 4.15. The minimum absolute atomic E-state index is 0.00743. The van der Waals surface area contributed by atoms with E-state index in [0.29, 0.717) is 6.54 Å². The van der Waals surface area contributed by atoms with Gasteiger partial charge < -0.3 is 15.2 Å². The predicted molar refractivity (Wildman–Crippen MR) is 46.5 cm³/mol. The van der Waals surface area contributed by atoms with E-state index in [-0.39, 0.29) is 17.4 Å². The first-order valence-corrected chi connectivity index (χ1v) is 4.64. The lowest BCUT2D eigenvalue weighted by Gasteiger charge is -2.46. The zero-order valence-electron chi connectivity index (χ0n) is 7.75. The van der Waals surface area contributed by atoms with E-state index < -0.39 is 5.97 Å². The molecule has 74 valence electrons. The molecular weight excluding hydrogens is 170 g/mol. The number of methoxy groups -OCH3 is 1. The van der Waals surface area contributed by atoms with Crippen LogP contribution in [0.1, 0.15) is 12.8 Å². The Morgan fingerprint density at radius 2 is 2.31 bits per heavy atom. The molecule has 2 rings (SSSR count). The van der Waals surface area contributed by atoms with Crippen LogP contribution in [-0.2, 0) is 9.53 Å². The van der Waals surface area contributed by atoms with E-state index in [1.807, 2.05) is 0 Å². The van der Waals surface area contributed by atoms with Gasteiger partial charge in [0.1, 0.15) is 0 Å². The summed E-state index contributed by atoms with van der Waals surface area (Å²) in [6, 6.07) is 0. The smallest absolute Gasteiger partial charge is 0.308 e. The number of ether oxygens (including phenoxy) is 1. The fourth-order valence-electron chi connectivity index (χ4n) is 2.60. The Morgan fingerprint density at radius 3 is 2.85 bits per heavy atom. The third kappa shape index (κ3) is 1.25. The minimum Gasteiger partial charge on any atom is -0.481 e. The molecule has 2 N–H and O–H groups in total. The molecule has 0 amide bonds. The van der Waals surface area contributed by atoms with E-state index in [1.54, 1.807) is 7.11 Å². The summed E-state index contributed by atoms with van der Waals surface area (Å²) >= 11 is 0. The second-order valence-electron chi connectivity index (χ2n) is 4.15. The van der Waals surface area contributed by atoms with Crippen LogP contribution in [0.15, 0.2) is 0 Å². The number of hydrogen-bond donors (Lipinski definition) is 2. The molecule has 0 radical (unpaired) electrons. The molecular formula is C9H15NO3. The zero-order valence-corrected chi connectivity index (χ0v) is 7.75. The van der Waals surface area contributed by atoms with Gasteiger partial charge in [0.25, 0.3) is 0 Å². The Kier molecular flexibility index (Phi) is 2.04. The van der Waals surface area contributed by atoms with Gasteiger partial charge in [-0.25, -0.2) is 0 Å². The van der Waals surface area contributed by atoms with Crippen molar-refractivity contribution in [1.29, 1.82) is 0 Å². The van der Waals surface area contributed by atoms with Gasteiger partial charge in [-0.2, -0.15) is 0 Å². The molecule has 1 aliphatic carbocycles. The molecule has 1 saturated carbocycles. The summed E-state index contributed by atoms with van der Waals surface area (Å²) in [4.78, 5) is 10.9. The Labute approximate surface area is 77.3 Å². The van der Waals surface area contributed by atoms with Crippen molar-refractivity contribution in [3.8, 4) is 0 Å². The third-order valence-electron chi connectivity index (χ3n) is 3.46. The van der Waals surface area contributed by atoms with Gasteiger partial charge >= 0.3 is 5.97 Å². The maximum atomic E-state index is 10.9.